The zero-order valence-corrected chi connectivity index (χ0v) is 25.6. The van der Waals surface area contributed by atoms with Crippen LogP contribution in [0.1, 0.15) is 42.0 Å². The minimum atomic E-state index is -0.190. The van der Waals surface area contributed by atoms with Crippen LogP contribution >= 0.6 is 11.3 Å². The minimum Gasteiger partial charge on any atom is -0.497 e. The number of allylic oxidation sites excluding steroid dienone is 2. The number of hydrogen-bond acceptors (Lipinski definition) is 6. The van der Waals surface area contributed by atoms with E-state index in [-0.39, 0.29) is 11.6 Å². The molecule has 42 heavy (non-hydrogen) atoms. The summed E-state index contributed by atoms with van der Waals surface area (Å²) >= 11 is 1.46. The normalized spacial score (nSPS) is 17.5. The van der Waals surface area contributed by atoms with E-state index in [2.05, 4.69) is 78.5 Å². The van der Waals surface area contributed by atoms with Crippen molar-refractivity contribution in [1.82, 2.24) is 4.57 Å². The van der Waals surface area contributed by atoms with Crippen LogP contribution in [-0.2, 0) is 0 Å². The van der Waals surface area contributed by atoms with Crippen molar-refractivity contribution < 1.29 is 4.74 Å². The molecule has 0 saturated carbocycles. The first-order valence-corrected chi connectivity index (χ1v) is 15.1. The highest BCUT2D eigenvalue weighted by atomic mass is 32.1. The topological polar surface area (TPSA) is 50.1 Å². The Morgan fingerprint density at radius 2 is 1.43 bits per heavy atom. The van der Waals surface area contributed by atoms with Crippen LogP contribution in [0.15, 0.2) is 99.4 Å². The monoisotopic (exact) mass is 576 g/mol. The van der Waals surface area contributed by atoms with Crippen LogP contribution in [0.2, 0.25) is 0 Å². The Kier molecular flexibility index (Phi) is 7.60. The lowest BCUT2D eigenvalue weighted by Crippen LogP contribution is -2.39. The van der Waals surface area contributed by atoms with Gasteiger partial charge in [0, 0.05) is 39.6 Å². The first-order chi connectivity index (χ1) is 20.3. The second-order valence-corrected chi connectivity index (χ2v) is 12.2. The van der Waals surface area contributed by atoms with E-state index < -0.39 is 0 Å². The lowest BCUT2D eigenvalue weighted by atomic mass is 9.83. The molecular weight excluding hydrogens is 540 g/mol. The Labute approximate surface area is 250 Å². The summed E-state index contributed by atoms with van der Waals surface area (Å²) in [5.74, 6) is 0.790. The van der Waals surface area contributed by atoms with Crippen molar-refractivity contribution in [2.75, 3.05) is 45.1 Å². The average molecular weight is 577 g/mol. The van der Waals surface area contributed by atoms with Gasteiger partial charge in [0.05, 0.1) is 23.4 Å². The van der Waals surface area contributed by atoms with Crippen LogP contribution in [0.5, 0.6) is 5.75 Å². The number of benzene rings is 3. The lowest BCUT2D eigenvalue weighted by molar-refractivity contribution is 0.415. The molecule has 7 heteroatoms. The summed E-state index contributed by atoms with van der Waals surface area (Å²) in [4.78, 5) is 24.2. The standard InChI is InChI=1S/C35H36N4O2S/c1-37(2)27-15-9-23(10-16-27)21-26-7-6-8-30-32(26)36-35-39(33(30)25-13-17-28(18-14-25)38(3)4)34(40)31(42-35)22-24-11-19-29(41-5)20-12-24/h9-22,33H,6-8H2,1-5H3/b26-21+,31-22+/t33-/m1/s1. The Morgan fingerprint density at radius 1 is 0.833 bits per heavy atom. The number of aromatic nitrogens is 1. The van der Waals surface area contributed by atoms with Crippen molar-refractivity contribution in [2.24, 2.45) is 4.99 Å². The second kappa shape index (κ2) is 11.5. The fourth-order valence-electron chi connectivity index (χ4n) is 5.73. The van der Waals surface area contributed by atoms with Crippen molar-refractivity contribution >= 4 is 34.9 Å². The molecule has 1 aliphatic carbocycles. The van der Waals surface area contributed by atoms with E-state index in [0.717, 1.165) is 57.9 Å². The van der Waals surface area contributed by atoms with Crippen molar-refractivity contribution in [2.45, 2.75) is 25.3 Å². The molecule has 214 valence electrons. The molecule has 2 heterocycles. The molecule has 0 radical (unpaired) electrons. The third-order valence-corrected chi connectivity index (χ3v) is 9.01. The number of hydrogen-bond donors (Lipinski definition) is 0. The fraction of sp³-hybridized carbons (Fsp3) is 0.257. The minimum absolute atomic E-state index is 0.00168. The zero-order chi connectivity index (χ0) is 29.4. The molecule has 6 rings (SSSR count). The Morgan fingerprint density at radius 3 is 2.05 bits per heavy atom. The Bertz CT molecular complexity index is 1840. The number of methoxy groups -OCH3 is 1. The molecule has 0 amide bonds. The van der Waals surface area contributed by atoms with E-state index in [9.17, 15) is 4.79 Å². The van der Waals surface area contributed by atoms with Gasteiger partial charge in [-0.1, -0.05) is 47.7 Å². The van der Waals surface area contributed by atoms with E-state index >= 15 is 0 Å². The number of rotatable bonds is 6. The first kappa shape index (κ1) is 27.8. The maximum Gasteiger partial charge on any atom is 0.271 e. The molecule has 0 bridgehead atoms. The number of thiazole rings is 1. The SMILES string of the molecule is COc1ccc(/C=c2/sc3n(c2=O)[C@H](c2ccc(N(C)C)cc2)C2=C(N=3)/C(=C/c3ccc(N(C)C)cc3)CCC2)cc1. The van der Waals surface area contributed by atoms with Gasteiger partial charge in [0.25, 0.3) is 5.56 Å². The van der Waals surface area contributed by atoms with Gasteiger partial charge in [-0.15, -0.1) is 0 Å². The van der Waals surface area contributed by atoms with E-state index in [0.29, 0.717) is 4.53 Å². The molecule has 0 saturated heterocycles. The first-order valence-electron chi connectivity index (χ1n) is 14.3. The van der Waals surface area contributed by atoms with Gasteiger partial charge < -0.3 is 14.5 Å². The van der Waals surface area contributed by atoms with Crippen LogP contribution < -0.4 is 29.4 Å². The average Bonchev–Trinajstić information content (AvgIpc) is 3.31. The summed E-state index contributed by atoms with van der Waals surface area (Å²) in [5.41, 5.74) is 9.02. The van der Waals surface area contributed by atoms with Crippen LogP contribution in [0, 0.1) is 0 Å². The summed E-state index contributed by atoms with van der Waals surface area (Å²) < 4.78 is 7.90. The third kappa shape index (κ3) is 5.32. The van der Waals surface area contributed by atoms with Crippen LogP contribution in [0.4, 0.5) is 11.4 Å². The summed E-state index contributed by atoms with van der Waals surface area (Å²) in [6, 6.07) is 24.8. The number of nitrogens with zero attached hydrogens (tertiary/aromatic N) is 4. The van der Waals surface area contributed by atoms with Gasteiger partial charge in [0.15, 0.2) is 4.80 Å². The fourth-order valence-corrected chi connectivity index (χ4v) is 6.73. The van der Waals surface area contributed by atoms with Crippen molar-refractivity contribution in [1.29, 1.82) is 0 Å². The number of fused-ring (bicyclic) bond motifs is 1. The molecule has 0 fully saturated rings. The zero-order valence-electron chi connectivity index (χ0n) is 24.8. The van der Waals surface area contributed by atoms with Gasteiger partial charge in [-0.25, -0.2) is 4.99 Å². The van der Waals surface area contributed by atoms with Gasteiger partial charge >= 0.3 is 0 Å². The lowest BCUT2D eigenvalue weighted by Gasteiger charge is -2.31. The van der Waals surface area contributed by atoms with Gasteiger partial charge in [-0.2, -0.15) is 0 Å². The maximum atomic E-state index is 14.0. The maximum absolute atomic E-state index is 14.0. The molecule has 2 aliphatic rings. The van der Waals surface area contributed by atoms with Crippen LogP contribution in [0.3, 0.4) is 0 Å². The van der Waals surface area contributed by atoms with Crippen molar-refractivity contribution in [3.05, 3.63) is 126 Å². The molecule has 4 aromatic rings. The molecule has 1 aromatic heterocycles. The van der Waals surface area contributed by atoms with E-state index in [1.807, 2.05) is 49.0 Å². The predicted molar refractivity (Wildman–Crippen MR) is 174 cm³/mol. The molecule has 1 aliphatic heterocycles. The van der Waals surface area contributed by atoms with Crippen molar-refractivity contribution in [3.63, 3.8) is 0 Å². The highest BCUT2D eigenvalue weighted by Gasteiger charge is 2.32. The second-order valence-electron chi connectivity index (χ2n) is 11.2. The smallest absolute Gasteiger partial charge is 0.271 e. The van der Waals surface area contributed by atoms with Gasteiger partial charge in [-0.3, -0.25) is 9.36 Å². The quantitative estimate of drug-likeness (QED) is 0.299. The Balaban J connectivity index is 1.52. The number of anilines is 2. The predicted octanol–water partition coefficient (Wildman–Crippen LogP) is 5.62. The van der Waals surface area contributed by atoms with Crippen molar-refractivity contribution in [3.8, 4) is 5.75 Å². The summed E-state index contributed by atoms with van der Waals surface area (Å²) in [6.45, 7) is 0. The van der Waals surface area contributed by atoms with E-state index in [4.69, 9.17) is 9.73 Å². The largest absolute Gasteiger partial charge is 0.497 e. The molecule has 1 atom stereocenters. The third-order valence-electron chi connectivity index (χ3n) is 8.02. The van der Waals surface area contributed by atoms with Crippen LogP contribution in [-0.4, -0.2) is 39.9 Å². The Hall–Kier alpha value is -4.36. The molecular formula is C35H36N4O2S. The number of ether oxygens (including phenoxy) is 1. The molecule has 0 spiro atoms. The van der Waals surface area contributed by atoms with Gasteiger partial charge in [0.1, 0.15) is 5.75 Å². The molecule has 0 unspecified atom stereocenters. The molecule has 6 nitrogen and oxygen atoms in total. The van der Waals surface area contributed by atoms with Crippen LogP contribution in [0.25, 0.3) is 12.2 Å². The summed E-state index contributed by atoms with van der Waals surface area (Å²) in [7, 11) is 9.85. The van der Waals surface area contributed by atoms with Gasteiger partial charge in [0.2, 0.25) is 0 Å². The van der Waals surface area contributed by atoms with E-state index in [1.54, 1.807) is 7.11 Å². The summed E-state index contributed by atoms with van der Waals surface area (Å²) in [5, 5.41) is 0. The summed E-state index contributed by atoms with van der Waals surface area (Å²) in [6.07, 6.45) is 7.14. The molecule has 3 aromatic carbocycles. The molecule has 0 N–H and O–H groups in total. The van der Waals surface area contributed by atoms with Gasteiger partial charge in [-0.05, 0) is 95.6 Å². The highest BCUT2D eigenvalue weighted by molar-refractivity contribution is 7.07. The highest BCUT2D eigenvalue weighted by Crippen LogP contribution is 2.41. The van der Waals surface area contributed by atoms with E-state index in [1.165, 1.54) is 28.2 Å².